The SMILES string of the molecule is COCc1nc(-c2ccc(Cl)cn2)[nH]c(=O)c1I. The number of pyridine rings is 1. The monoisotopic (exact) mass is 377 g/mol. The van der Waals surface area contributed by atoms with E-state index in [1.807, 2.05) is 22.6 Å². The Labute approximate surface area is 122 Å². The Bertz CT molecular complexity index is 613. The highest BCUT2D eigenvalue weighted by atomic mass is 127. The lowest BCUT2D eigenvalue weighted by Crippen LogP contribution is -2.17. The van der Waals surface area contributed by atoms with Crippen LogP contribution < -0.4 is 5.56 Å². The highest BCUT2D eigenvalue weighted by molar-refractivity contribution is 14.1. The van der Waals surface area contributed by atoms with Gasteiger partial charge in [0.25, 0.3) is 5.56 Å². The summed E-state index contributed by atoms with van der Waals surface area (Å²) >= 11 is 7.70. The van der Waals surface area contributed by atoms with Crippen LogP contribution in [0.4, 0.5) is 0 Å². The number of nitrogens with zero attached hydrogens (tertiary/aromatic N) is 2. The van der Waals surface area contributed by atoms with Crippen molar-refractivity contribution in [3.63, 3.8) is 0 Å². The molecule has 0 fully saturated rings. The van der Waals surface area contributed by atoms with Crippen LogP contribution in [0.15, 0.2) is 23.1 Å². The smallest absolute Gasteiger partial charge is 0.265 e. The Kier molecular flexibility index (Phi) is 4.31. The first kappa shape index (κ1) is 13.4. The van der Waals surface area contributed by atoms with Gasteiger partial charge in [-0.05, 0) is 34.7 Å². The average molecular weight is 378 g/mol. The van der Waals surface area contributed by atoms with Crippen molar-refractivity contribution < 1.29 is 4.74 Å². The van der Waals surface area contributed by atoms with Gasteiger partial charge in [0.1, 0.15) is 9.26 Å². The fourth-order valence-corrected chi connectivity index (χ4v) is 1.90. The van der Waals surface area contributed by atoms with Crippen LogP contribution in [0.25, 0.3) is 11.5 Å². The molecular weight excluding hydrogens is 368 g/mol. The topological polar surface area (TPSA) is 67.9 Å². The predicted octanol–water partition coefficient (Wildman–Crippen LogP) is 2.24. The molecule has 1 N–H and O–H groups in total. The van der Waals surface area contributed by atoms with E-state index in [0.717, 1.165) is 0 Å². The predicted molar refractivity (Wildman–Crippen MR) is 76.5 cm³/mol. The van der Waals surface area contributed by atoms with Gasteiger partial charge >= 0.3 is 0 Å². The minimum atomic E-state index is -0.204. The number of rotatable bonds is 3. The molecule has 2 aromatic heterocycles. The second-order valence-electron chi connectivity index (χ2n) is 3.47. The molecule has 2 aromatic rings. The van der Waals surface area contributed by atoms with Gasteiger partial charge < -0.3 is 9.72 Å². The molecule has 0 aliphatic heterocycles. The quantitative estimate of drug-likeness (QED) is 0.833. The second kappa shape index (κ2) is 5.77. The third-order valence-electron chi connectivity index (χ3n) is 2.18. The Morgan fingerprint density at radius 1 is 1.50 bits per heavy atom. The van der Waals surface area contributed by atoms with Crippen molar-refractivity contribution in [3.8, 4) is 11.5 Å². The Morgan fingerprint density at radius 3 is 2.89 bits per heavy atom. The first-order valence-electron chi connectivity index (χ1n) is 5.01. The summed E-state index contributed by atoms with van der Waals surface area (Å²) < 4.78 is 5.53. The fourth-order valence-electron chi connectivity index (χ4n) is 1.38. The first-order valence-corrected chi connectivity index (χ1v) is 6.47. The molecule has 0 atom stereocenters. The van der Waals surface area contributed by atoms with E-state index in [9.17, 15) is 4.79 Å². The van der Waals surface area contributed by atoms with Crippen LogP contribution in [0, 0.1) is 3.57 Å². The van der Waals surface area contributed by atoms with Crippen molar-refractivity contribution >= 4 is 34.2 Å². The molecule has 0 amide bonds. The van der Waals surface area contributed by atoms with Crippen molar-refractivity contribution in [3.05, 3.63) is 43.0 Å². The number of hydrogen-bond acceptors (Lipinski definition) is 4. The maximum atomic E-state index is 11.8. The Hall–Kier alpha value is -0.990. The van der Waals surface area contributed by atoms with E-state index >= 15 is 0 Å². The second-order valence-corrected chi connectivity index (χ2v) is 4.99. The van der Waals surface area contributed by atoms with Crippen LogP contribution in [0.1, 0.15) is 5.69 Å². The average Bonchev–Trinajstić information content (AvgIpc) is 2.36. The van der Waals surface area contributed by atoms with Crippen LogP contribution in [-0.4, -0.2) is 22.1 Å². The molecule has 0 aromatic carbocycles. The number of aromatic amines is 1. The highest BCUT2D eigenvalue weighted by Gasteiger charge is 2.10. The van der Waals surface area contributed by atoms with Gasteiger partial charge in [0.2, 0.25) is 0 Å². The lowest BCUT2D eigenvalue weighted by Gasteiger charge is -2.05. The molecule has 7 heteroatoms. The van der Waals surface area contributed by atoms with Gasteiger partial charge in [-0.2, -0.15) is 0 Å². The molecule has 0 aliphatic rings. The molecule has 2 rings (SSSR count). The normalized spacial score (nSPS) is 10.6. The number of nitrogens with one attached hydrogen (secondary N) is 1. The third-order valence-corrected chi connectivity index (χ3v) is 3.52. The van der Waals surface area contributed by atoms with Gasteiger partial charge in [-0.1, -0.05) is 11.6 Å². The molecule has 94 valence electrons. The maximum absolute atomic E-state index is 11.8. The fraction of sp³-hybridized carbons (Fsp3) is 0.182. The molecule has 18 heavy (non-hydrogen) atoms. The number of H-pyrrole nitrogens is 1. The maximum Gasteiger partial charge on any atom is 0.265 e. The molecule has 0 bridgehead atoms. The Morgan fingerprint density at radius 2 is 2.28 bits per heavy atom. The highest BCUT2D eigenvalue weighted by Crippen LogP contribution is 2.15. The zero-order chi connectivity index (χ0) is 13.1. The summed E-state index contributed by atoms with van der Waals surface area (Å²) in [4.78, 5) is 22.9. The molecule has 2 heterocycles. The number of methoxy groups -OCH3 is 1. The molecule has 0 spiro atoms. The molecule has 0 unspecified atom stereocenters. The van der Waals surface area contributed by atoms with Crippen molar-refractivity contribution in [1.82, 2.24) is 15.0 Å². The lowest BCUT2D eigenvalue weighted by molar-refractivity contribution is 0.180. The summed E-state index contributed by atoms with van der Waals surface area (Å²) in [6.07, 6.45) is 1.50. The van der Waals surface area contributed by atoms with Crippen LogP contribution in [0.2, 0.25) is 5.02 Å². The number of halogens is 2. The first-order chi connectivity index (χ1) is 8.61. The van der Waals surface area contributed by atoms with Crippen LogP contribution in [0.3, 0.4) is 0 Å². The minimum absolute atomic E-state index is 0.204. The summed E-state index contributed by atoms with van der Waals surface area (Å²) in [6.45, 7) is 0.281. The van der Waals surface area contributed by atoms with E-state index in [1.165, 1.54) is 6.20 Å². The number of hydrogen-bond donors (Lipinski definition) is 1. The molecule has 0 aliphatic carbocycles. The molecule has 0 saturated heterocycles. The summed E-state index contributed by atoms with van der Waals surface area (Å²) in [5, 5.41) is 0.531. The van der Waals surface area contributed by atoms with Gasteiger partial charge in [-0.3, -0.25) is 9.78 Å². The van der Waals surface area contributed by atoms with Crippen molar-refractivity contribution in [1.29, 1.82) is 0 Å². The van der Waals surface area contributed by atoms with Crippen molar-refractivity contribution in [2.75, 3.05) is 7.11 Å². The van der Waals surface area contributed by atoms with E-state index in [0.29, 0.717) is 25.8 Å². The minimum Gasteiger partial charge on any atom is -0.378 e. The third kappa shape index (κ3) is 2.88. The van der Waals surface area contributed by atoms with Crippen LogP contribution in [0.5, 0.6) is 0 Å². The summed E-state index contributed by atoms with van der Waals surface area (Å²) in [7, 11) is 1.55. The van der Waals surface area contributed by atoms with E-state index in [2.05, 4.69) is 15.0 Å². The van der Waals surface area contributed by atoms with E-state index in [4.69, 9.17) is 16.3 Å². The molecular formula is C11H9ClIN3O2. The number of ether oxygens (including phenoxy) is 1. The molecule has 5 nitrogen and oxygen atoms in total. The van der Waals surface area contributed by atoms with Crippen molar-refractivity contribution in [2.45, 2.75) is 6.61 Å². The summed E-state index contributed by atoms with van der Waals surface area (Å²) in [5.74, 6) is 0.407. The van der Waals surface area contributed by atoms with Gasteiger partial charge in [-0.25, -0.2) is 4.98 Å². The van der Waals surface area contributed by atoms with Crippen molar-refractivity contribution in [2.24, 2.45) is 0 Å². The van der Waals surface area contributed by atoms with Crippen LogP contribution >= 0.6 is 34.2 Å². The zero-order valence-corrected chi connectivity index (χ0v) is 12.3. The van der Waals surface area contributed by atoms with E-state index < -0.39 is 0 Å². The molecule has 0 saturated carbocycles. The summed E-state index contributed by atoms with van der Waals surface area (Å²) in [5.41, 5.74) is 0.947. The van der Waals surface area contributed by atoms with E-state index in [1.54, 1.807) is 19.2 Å². The zero-order valence-electron chi connectivity index (χ0n) is 9.41. The largest absolute Gasteiger partial charge is 0.378 e. The van der Waals surface area contributed by atoms with Gasteiger partial charge in [0.05, 0.1) is 17.3 Å². The lowest BCUT2D eigenvalue weighted by atomic mass is 10.3. The van der Waals surface area contributed by atoms with E-state index in [-0.39, 0.29) is 12.2 Å². The van der Waals surface area contributed by atoms with Gasteiger partial charge in [0, 0.05) is 13.3 Å². The molecule has 0 radical (unpaired) electrons. The standard InChI is InChI=1S/C11H9ClIN3O2/c1-18-5-8-9(13)11(17)16-10(15-8)7-3-2-6(12)4-14-7/h2-4H,5H2,1H3,(H,15,16,17). The van der Waals surface area contributed by atoms with Crippen LogP contribution in [-0.2, 0) is 11.3 Å². The Balaban J connectivity index is 2.51. The van der Waals surface area contributed by atoms with Gasteiger partial charge in [0.15, 0.2) is 5.82 Å². The summed E-state index contributed by atoms with van der Waals surface area (Å²) in [6, 6.07) is 3.39. The number of aromatic nitrogens is 3. The van der Waals surface area contributed by atoms with Gasteiger partial charge in [-0.15, -0.1) is 0 Å².